The second-order valence-corrected chi connectivity index (χ2v) is 5.39. The van der Waals surface area contributed by atoms with Crippen LogP contribution in [0.3, 0.4) is 0 Å². The normalized spacial score (nSPS) is 12.9. The molecule has 0 unspecified atom stereocenters. The highest BCUT2D eigenvalue weighted by atomic mass is 16.5. The van der Waals surface area contributed by atoms with Gasteiger partial charge in [0.15, 0.2) is 0 Å². The number of hydrogen-bond acceptors (Lipinski definition) is 4. The molecular formula is C16H20N4O2. The molecule has 1 N–H and O–H groups in total. The SMILES string of the molecule is O=C(CCn1cncn1)NCCOc1ccc2c(c1)CCC2. The summed E-state index contributed by atoms with van der Waals surface area (Å²) in [6.07, 6.45) is 7.01. The summed E-state index contributed by atoms with van der Waals surface area (Å²) in [4.78, 5) is 15.5. The van der Waals surface area contributed by atoms with E-state index in [1.54, 1.807) is 11.0 Å². The van der Waals surface area contributed by atoms with Gasteiger partial charge in [-0.1, -0.05) is 6.07 Å². The highest BCUT2D eigenvalue weighted by Gasteiger charge is 2.11. The third kappa shape index (κ3) is 3.84. The standard InChI is InChI=1S/C16H20N4O2/c21-16(6-8-20-12-17-11-19-20)18-7-9-22-15-5-4-13-2-1-3-14(13)10-15/h4-5,10-12H,1-3,6-9H2,(H,18,21). The molecule has 116 valence electrons. The Labute approximate surface area is 129 Å². The average Bonchev–Trinajstić information content (AvgIpc) is 3.20. The summed E-state index contributed by atoms with van der Waals surface area (Å²) in [6, 6.07) is 6.28. The van der Waals surface area contributed by atoms with Crippen molar-refractivity contribution in [3.05, 3.63) is 42.0 Å². The summed E-state index contributed by atoms with van der Waals surface area (Å²) >= 11 is 0. The van der Waals surface area contributed by atoms with Crippen LogP contribution in [-0.2, 0) is 24.2 Å². The molecule has 1 heterocycles. The van der Waals surface area contributed by atoms with Gasteiger partial charge in [0.25, 0.3) is 0 Å². The maximum absolute atomic E-state index is 11.7. The fourth-order valence-corrected chi connectivity index (χ4v) is 2.65. The number of amides is 1. The van der Waals surface area contributed by atoms with Crippen LogP contribution in [-0.4, -0.2) is 33.8 Å². The number of hydrogen-bond donors (Lipinski definition) is 1. The van der Waals surface area contributed by atoms with E-state index in [2.05, 4.69) is 27.5 Å². The van der Waals surface area contributed by atoms with Gasteiger partial charge >= 0.3 is 0 Å². The number of carbonyl (C=O) groups excluding carboxylic acids is 1. The number of aryl methyl sites for hydroxylation is 3. The first-order chi connectivity index (χ1) is 10.8. The first-order valence-electron chi connectivity index (χ1n) is 7.65. The van der Waals surface area contributed by atoms with Crippen LogP contribution < -0.4 is 10.1 Å². The van der Waals surface area contributed by atoms with E-state index in [0.717, 1.165) is 12.2 Å². The Morgan fingerprint density at radius 3 is 3.09 bits per heavy atom. The minimum atomic E-state index is -0.00643. The van der Waals surface area contributed by atoms with E-state index in [0.29, 0.717) is 26.1 Å². The number of ether oxygens (including phenoxy) is 1. The maximum Gasteiger partial charge on any atom is 0.221 e. The molecule has 2 aromatic rings. The van der Waals surface area contributed by atoms with Crippen molar-refractivity contribution in [1.82, 2.24) is 20.1 Å². The number of benzene rings is 1. The minimum Gasteiger partial charge on any atom is -0.492 e. The van der Waals surface area contributed by atoms with Crippen LogP contribution in [0, 0.1) is 0 Å². The lowest BCUT2D eigenvalue weighted by atomic mass is 10.1. The molecule has 22 heavy (non-hydrogen) atoms. The van der Waals surface area contributed by atoms with Crippen LogP contribution in [0.15, 0.2) is 30.9 Å². The molecule has 6 heteroatoms. The molecule has 0 bridgehead atoms. The molecule has 1 amide bonds. The Hall–Kier alpha value is -2.37. The predicted molar refractivity (Wildman–Crippen MR) is 81.6 cm³/mol. The van der Waals surface area contributed by atoms with E-state index >= 15 is 0 Å². The van der Waals surface area contributed by atoms with Gasteiger partial charge in [0.1, 0.15) is 25.0 Å². The quantitative estimate of drug-likeness (QED) is 0.784. The lowest BCUT2D eigenvalue weighted by Gasteiger charge is -2.09. The molecular weight excluding hydrogens is 280 g/mol. The summed E-state index contributed by atoms with van der Waals surface area (Å²) in [5, 5.41) is 6.80. The third-order valence-electron chi connectivity index (χ3n) is 3.80. The van der Waals surface area contributed by atoms with Gasteiger partial charge in [-0.2, -0.15) is 5.10 Å². The zero-order valence-electron chi connectivity index (χ0n) is 12.5. The summed E-state index contributed by atoms with van der Waals surface area (Å²) in [5.74, 6) is 0.880. The number of fused-ring (bicyclic) bond motifs is 1. The molecule has 0 radical (unpaired) electrons. The number of aromatic nitrogens is 3. The van der Waals surface area contributed by atoms with E-state index in [-0.39, 0.29) is 5.91 Å². The molecule has 1 aromatic carbocycles. The van der Waals surface area contributed by atoms with Gasteiger partial charge in [0.2, 0.25) is 5.91 Å². The Morgan fingerprint density at radius 1 is 1.32 bits per heavy atom. The van der Waals surface area contributed by atoms with Gasteiger partial charge in [0.05, 0.1) is 13.1 Å². The fourth-order valence-electron chi connectivity index (χ4n) is 2.65. The van der Waals surface area contributed by atoms with Crippen molar-refractivity contribution < 1.29 is 9.53 Å². The second-order valence-electron chi connectivity index (χ2n) is 5.39. The van der Waals surface area contributed by atoms with Crippen molar-refractivity contribution >= 4 is 5.91 Å². The van der Waals surface area contributed by atoms with Crippen LogP contribution in [0.25, 0.3) is 0 Å². The van der Waals surface area contributed by atoms with Gasteiger partial charge in [-0.15, -0.1) is 0 Å². The minimum absolute atomic E-state index is 0.00643. The molecule has 1 aliphatic carbocycles. The maximum atomic E-state index is 11.7. The number of carbonyl (C=O) groups is 1. The van der Waals surface area contributed by atoms with Crippen LogP contribution in [0.1, 0.15) is 24.0 Å². The zero-order valence-corrected chi connectivity index (χ0v) is 12.5. The molecule has 1 aromatic heterocycles. The predicted octanol–water partition coefficient (Wildman–Crippen LogP) is 1.35. The molecule has 0 spiro atoms. The van der Waals surface area contributed by atoms with Gasteiger partial charge in [-0.25, -0.2) is 4.98 Å². The number of rotatable bonds is 7. The van der Waals surface area contributed by atoms with Crippen molar-refractivity contribution in [1.29, 1.82) is 0 Å². The first kappa shape index (κ1) is 14.6. The number of nitrogens with one attached hydrogen (secondary N) is 1. The highest BCUT2D eigenvalue weighted by Crippen LogP contribution is 2.25. The molecule has 1 aliphatic rings. The molecule has 0 fully saturated rings. The monoisotopic (exact) mass is 300 g/mol. The molecule has 0 saturated carbocycles. The van der Waals surface area contributed by atoms with Crippen LogP contribution in [0.5, 0.6) is 5.75 Å². The van der Waals surface area contributed by atoms with Gasteiger partial charge in [0, 0.05) is 6.42 Å². The van der Waals surface area contributed by atoms with Crippen molar-refractivity contribution in [2.45, 2.75) is 32.2 Å². The lowest BCUT2D eigenvalue weighted by molar-refractivity contribution is -0.121. The van der Waals surface area contributed by atoms with E-state index < -0.39 is 0 Å². The van der Waals surface area contributed by atoms with Crippen LogP contribution in [0.2, 0.25) is 0 Å². The largest absolute Gasteiger partial charge is 0.492 e. The van der Waals surface area contributed by atoms with Gasteiger partial charge in [-0.3, -0.25) is 9.48 Å². The van der Waals surface area contributed by atoms with Crippen LogP contribution in [0.4, 0.5) is 0 Å². The Morgan fingerprint density at radius 2 is 2.23 bits per heavy atom. The molecule has 3 rings (SSSR count). The van der Waals surface area contributed by atoms with Crippen molar-refractivity contribution in [2.24, 2.45) is 0 Å². The van der Waals surface area contributed by atoms with Crippen LogP contribution >= 0.6 is 0 Å². The highest BCUT2D eigenvalue weighted by molar-refractivity contribution is 5.75. The van der Waals surface area contributed by atoms with Gasteiger partial charge in [-0.05, 0) is 42.5 Å². The van der Waals surface area contributed by atoms with E-state index in [9.17, 15) is 4.79 Å². The first-order valence-corrected chi connectivity index (χ1v) is 7.65. The fraction of sp³-hybridized carbons (Fsp3) is 0.438. The Kier molecular flexibility index (Phi) is 4.68. The summed E-state index contributed by atoms with van der Waals surface area (Å²) in [7, 11) is 0. The Bertz CT molecular complexity index is 625. The van der Waals surface area contributed by atoms with E-state index in [1.165, 1.54) is 30.3 Å². The van der Waals surface area contributed by atoms with Crippen molar-refractivity contribution in [3.8, 4) is 5.75 Å². The zero-order chi connectivity index (χ0) is 15.2. The molecule has 0 aliphatic heterocycles. The van der Waals surface area contributed by atoms with Crippen molar-refractivity contribution in [2.75, 3.05) is 13.2 Å². The molecule has 6 nitrogen and oxygen atoms in total. The van der Waals surface area contributed by atoms with Gasteiger partial charge < -0.3 is 10.1 Å². The third-order valence-corrected chi connectivity index (χ3v) is 3.80. The number of nitrogens with zero attached hydrogens (tertiary/aromatic N) is 3. The summed E-state index contributed by atoms with van der Waals surface area (Å²) in [5.41, 5.74) is 2.84. The Balaban J connectivity index is 1.34. The topological polar surface area (TPSA) is 69.0 Å². The molecule has 0 saturated heterocycles. The average molecular weight is 300 g/mol. The lowest BCUT2D eigenvalue weighted by Crippen LogP contribution is -2.28. The summed E-state index contributed by atoms with van der Waals surface area (Å²) < 4.78 is 7.33. The summed E-state index contributed by atoms with van der Waals surface area (Å²) in [6.45, 7) is 1.53. The van der Waals surface area contributed by atoms with E-state index in [1.807, 2.05) is 6.07 Å². The smallest absolute Gasteiger partial charge is 0.221 e. The van der Waals surface area contributed by atoms with E-state index in [4.69, 9.17) is 4.74 Å². The second kappa shape index (κ2) is 7.06. The molecule has 0 atom stereocenters. The van der Waals surface area contributed by atoms with Crippen molar-refractivity contribution in [3.63, 3.8) is 0 Å².